The van der Waals surface area contributed by atoms with Crippen molar-refractivity contribution in [2.24, 2.45) is 5.92 Å². The number of fused-ring (bicyclic) bond motifs is 1. The fourth-order valence-corrected chi connectivity index (χ4v) is 4.54. The molecule has 0 aromatic heterocycles. The van der Waals surface area contributed by atoms with Crippen LogP contribution in [0, 0.1) is 5.92 Å². The summed E-state index contributed by atoms with van der Waals surface area (Å²) in [5, 5.41) is 2.82. The van der Waals surface area contributed by atoms with Crippen LogP contribution in [0.5, 0.6) is 0 Å². The Morgan fingerprint density at radius 2 is 1.91 bits per heavy atom. The van der Waals surface area contributed by atoms with Gasteiger partial charge in [-0.25, -0.2) is 9.52 Å². The fraction of sp³-hybridized carbons (Fsp3) is 0.929. The summed E-state index contributed by atoms with van der Waals surface area (Å²) in [6, 6.07) is 0.165. The standard InChI is InChI=1S/C14H28N4O3S/c1-11(2)17-22(20,21)16-9-8-15-14(19)18-10-7-12-5-3-4-6-13(12)18/h11-13,16-17H,3-10H2,1-2H3,(H,15,19)/t12-,13-/m1/s1. The smallest absolute Gasteiger partial charge is 0.317 e. The van der Waals surface area contributed by atoms with E-state index in [0.29, 0.717) is 18.5 Å². The summed E-state index contributed by atoms with van der Waals surface area (Å²) < 4.78 is 28.0. The summed E-state index contributed by atoms with van der Waals surface area (Å²) in [7, 11) is -3.48. The van der Waals surface area contributed by atoms with Crippen molar-refractivity contribution in [3.8, 4) is 0 Å². The van der Waals surface area contributed by atoms with Crippen molar-refractivity contribution >= 4 is 16.2 Å². The molecular weight excluding hydrogens is 304 g/mol. The van der Waals surface area contributed by atoms with Gasteiger partial charge in [0, 0.05) is 31.7 Å². The zero-order valence-electron chi connectivity index (χ0n) is 13.5. The van der Waals surface area contributed by atoms with E-state index in [0.717, 1.165) is 19.4 Å². The molecule has 22 heavy (non-hydrogen) atoms. The highest BCUT2D eigenvalue weighted by atomic mass is 32.2. The number of amides is 2. The highest BCUT2D eigenvalue weighted by Gasteiger charge is 2.37. The van der Waals surface area contributed by atoms with Crippen molar-refractivity contribution < 1.29 is 13.2 Å². The average molecular weight is 332 g/mol. The van der Waals surface area contributed by atoms with E-state index in [4.69, 9.17) is 0 Å². The van der Waals surface area contributed by atoms with Crippen LogP contribution in [0.15, 0.2) is 0 Å². The molecule has 1 saturated heterocycles. The van der Waals surface area contributed by atoms with Crippen LogP contribution in [0.4, 0.5) is 4.79 Å². The van der Waals surface area contributed by atoms with Gasteiger partial charge in [0.15, 0.2) is 0 Å². The Hall–Kier alpha value is -0.860. The molecule has 128 valence electrons. The second-order valence-corrected chi connectivity index (χ2v) is 8.03. The molecule has 0 unspecified atom stereocenters. The highest BCUT2D eigenvalue weighted by Crippen LogP contribution is 2.35. The number of nitrogens with zero attached hydrogens (tertiary/aromatic N) is 1. The second-order valence-electron chi connectivity index (χ2n) is 6.50. The molecule has 1 saturated carbocycles. The lowest BCUT2D eigenvalue weighted by atomic mass is 9.85. The lowest BCUT2D eigenvalue weighted by Crippen LogP contribution is -2.48. The quantitative estimate of drug-likeness (QED) is 0.628. The molecule has 0 spiro atoms. The van der Waals surface area contributed by atoms with Crippen LogP contribution in [-0.2, 0) is 10.2 Å². The Morgan fingerprint density at radius 3 is 2.64 bits per heavy atom. The Labute approximate surface area is 133 Å². The third kappa shape index (κ3) is 4.82. The van der Waals surface area contributed by atoms with Crippen molar-refractivity contribution in [1.29, 1.82) is 0 Å². The van der Waals surface area contributed by atoms with Gasteiger partial charge in [-0.15, -0.1) is 0 Å². The molecule has 3 N–H and O–H groups in total. The average Bonchev–Trinajstić information content (AvgIpc) is 2.86. The number of likely N-dealkylation sites (tertiary alicyclic amines) is 1. The number of urea groups is 1. The van der Waals surface area contributed by atoms with Crippen molar-refractivity contribution in [2.75, 3.05) is 19.6 Å². The van der Waals surface area contributed by atoms with Crippen LogP contribution >= 0.6 is 0 Å². The maximum absolute atomic E-state index is 12.2. The van der Waals surface area contributed by atoms with E-state index in [2.05, 4.69) is 14.8 Å². The Kier molecular flexibility index (Phi) is 6.05. The predicted octanol–water partition coefficient (Wildman–Crippen LogP) is 0.793. The first-order valence-corrected chi connectivity index (χ1v) is 9.69. The maximum atomic E-state index is 12.2. The molecule has 0 radical (unpaired) electrons. The number of nitrogens with one attached hydrogen (secondary N) is 3. The van der Waals surface area contributed by atoms with E-state index in [1.807, 2.05) is 4.90 Å². The van der Waals surface area contributed by atoms with Crippen molar-refractivity contribution in [2.45, 2.75) is 58.0 Å². The topological polar surface area (TPSA) is 90.5 Å². The monoisotopic (exact) mass is 332 g/mol. The molecule has 1 aliphatic carbocycles. The van der Waals surface area contributed by atoms with Gasteiger partial charge in [0.05, 0.1) is 0 Å². The predicted molar refractivity (Wildman–Crippen MR) is 85.7 cm³/mol. The van der Waals surface area contributed by atoms with Crippen LogP contribution in [0.25, 0.3) is 0 Å². The Balaban J connectivity index is 1.70. The van der Waals surface area contributed by atoms with Crippen LogP contribution in [0.3, 0.4) is 0 Å². The molecule has 1 heterocycles. The second kappa shape index (κ2) is 7.61. The lowest BCUT2D eigenvalue weighted by molar-refractivity contribution is 0.170. The molecule has 2 amide bonds. The molecule has 2 aliphatic rings. The molecule has 7 nitrogen and oxygen atoms in total. The van der Waals surface area contributed by atoms with Gasteiger partial charge < -0.3 is 10.2 Å². The third-order valence-electron chi connectivity index (χ3n) is 4.36. The molecule has 0 aromatic carbocycles. The molecule has 8 heteroatoms. The van der Waals surface area contributed by atoms with Gasteiger partial charge in [0.1, 0.15) is 0 Å². The minimum atomic E-state index is -3.48. The van der Waals surface area contributed by atoms with Gasteiger partial charge in [0.25, 0.3) is 10.2 Å². The molecule has 1 aliphatic heterocycles. The van der Waals surface area contributed by atoms with E-state index in [9.17, 15) is 13.2 Å². The van der Waals surface area contributed by atoms with E-state index >= 15 is 0 Å². The SMILES string of the molecule is CC(C)NS(=O)(=O)NCCNC(=O)N1CC[C@H]2CCCC[C@H]21. The number of hydrogen-bond donors (Lipinski definition) is 3. The molecular formula is C14H28N4O3S. The van der Waals surface area contributed by atoms with E-state index in [-0.39, 0.29) is 18.6 Å². The molecule has 2 fully saturated rings. The van der Waals surface area contributed by atoms with Crippen LogP contribution in [-0.4, -0.2) is 51.1 Å². The van der Waals surface area contributed by atoms with Gasteiger partial charge in [0.2, 0.25) is 0 Å². The van der Waals surface area contributed by atoms with E-state index in [1.54, 1.807) is 13.8 Å². The maximum Gasteiger partial charge on any atom is 0.317 e. The van der Waals surface area contributed by atoms with Crippen LogP contribution < -0.4 is 14.8 Å². The van der Waals surface area contributed by atoms with Gasteiger partial charge in [-0.3, -0.25) is 0 Å². The molecule has 2 rings (SSSR count). The lowest BCUT2D eigenvalue weighted by Gasteiger charge is -2.31. The molecule has 0 bridgehead atoms. The number of rotatable bonds is 6. The fourth-order valence-electron chi connectivity index (χ4n) is 3.47. The van der Waals surface area contributed by atoms with Gasteiger partial charge in [-0.1, -0.05) is 12.8 Å². The summed E-state index contributed by atoms with van der Waals surface area (Å²) in [5.41, 5.74) is 0. The third-order valence-corrected chi connectivity index (χ3v) is 5.72. The molecule has 2 atom stereocenters. The summed E-state index contributed by atoms with van der Waals surface area (Å²) in [5.74, 6) is 0.660. The summed E-state index contributed by atoms with van der Waals surface area (Å²) in [4.78, 5) is 14.2. The first-order chi connectivity index (χ1) is 10.4. The number of carbonyl (C=O) groups is 1. The van der Waals surface area contributed by atoms with Crippen LogP contribution in [0.1, 0.15) is 46.0 Å². The van der Waals surface area contributed by atoms with Crippen molar-refractivity contribution in [1.82, 2.24) is 19.7 Å². The first-order valence-electron chi connectivity index (χ1n) is 8.20. The normalized spacial score (nSPS) is 25.3. The van der Waals surface area contributed by atoms with Gasteiger partial charge in [-0.05, 0) is 39.0 Å². The summed E-state index contributed by atoms with van der Waals surface area (Å²) in [6.07, 6.45) is 5.91. The van der Waals surface area contributed by atoms with Gasteiger partial charge >= 0.3 is 6.03 Å². The zero-order valence-corrected chi connectivity index (χ0v) is 14.3. The minimum absolute atomic E-state index is 0.0644. The largest absolute Gasteiger partial charge is 0.337 e. The number of carbonyl (C=O) groups excluding carboxylic acids is 1. The summed E-state index contributed by atoms with van der Waals surface area (Å²) >= 11 is 0. The van der Waals surface area contributed by atoms with Crippen molar-refractivity contribution in [3.63, 3.8) is 0 Å². The molecule has 0 aromatic rings. The Bertz CT molecular complexity index is 480. The van der Waals surface area contributed by atoms with Crippen LogP contribution in [0.2, 0.25) is 0 Å². The number of hydrogen-bond acceptors (Lipinski definition) is 3. The van der Waals surface area contributed by atoms with Gasteiger partial charge in [-0.2, -0.15) is 13.1 Å². The Morgan fingerprint density at radius 1 is 1.18 bits per heavy atom. The van der Waals surface area contributed by atoms with E-state index in [1.165, 1.54) is 19.3 Å². The first kappa shape index (κ1) is 17.5. The van der Waals surface area contributed by atoms with Crippen molar-refractivity contribution in [3.05, 3.63) is 0 Å². The zero-order chi connectivity index (χ0) is 16.2. The summed E-state index contributed by atoms with van der Waals surface area (Å²) in [6.45, 7) is 4.83. The minimum Gasteiger partial charge on any atom is -0.337 e. The highest BCUT2D eigenvalue weighted by molar-refractivity contribution is 7.87. The van der Waals surface area contributed by atoms with E-state index < -0.39 is 10.2 Å².